The Hall–Kier alpha value is -0.0900. The van der Waals surface area contributed by atoms with Crippen molar-refractivity contribution < 1.29 is 9.90 Å². The second-order valence-electron chi connectivity index (χ2n) is 3.35. The van der Waals surface area contributed by atoms with Crippen LogP contribution in [0.15, 0.2) is 0 Å². The van der Waals surface area contributed by atoms with Gasteiger partial charge in [-0.3, -0.25) is 4.79 Å². The van der Waals surface area contributed by atoms with Gasteiger partial charge in [0.1, 0.15) is 0 Å². The standard InChI is InChI=1S/C10H20BrNO2/c1-2-9(13)6-8-12-10(14)5-3-4-7-11/h9,13H,2-8H2,1H3,(H,12,14). The lowest BCUT2D eigenvalue weighted by molar-refractivity contribution is -0.121. The molecule has 84 valence electrons. The van der Waals surface area contributed by atoms with Crippen molar-refractivity contribution in [3.8, 4) is 0 Å². The Balaban J connectivity index is 3.26. The molecular formula is C10H20BrNO2. The number of hydrogen-bond acceptors (Lipinski definition) is 2. The first kappa shape index (κ1) is 13.9. The van der Waals surface area contributed by atoms with Crippen molar-refractivity contribution in [2.75, 3.05) is 11.9 Å². The van der Waals surface area contributed by atoms with Crippen LogP contribution < -0.4 is 5.32 Å². The van der Waals surface area contributed by atoms with Crippen LogP contribution in [-0.2, 0) is 4.79 Å². The fourth-order valence-corrected chi connectivity index (χ4v) is 1.45. The lowest BCUT2D eigenvalue weighted by atomic mass is 10.2. The molecular weight excluding hydrogens is 246 g/mol. The highest BCUT2D eigenvalue weighted by Gasteiger charge is 2.03. The first-order valence-corrected chi connectivity index (χ1v) is 6.33. The largest absolute Gasteiger partial charge is 0.393 e. The van der Waals surface area contributed by atoms with Crippen LogP contribution in [0.5, 0.6) is 0 Å². The van der Waals surface area contributed by atoms with Gasteiger partial charge in [-0.1, -0.05) is 22.9 Å². The topological polar surface area (TPSA) is 49.3 Å². The van der Waals surface area contributed by atoms with Crippen LogP contribution in [0.2, 0.25) is 0 Å². The monoisotopic (exact) mass is 265 g/mol. The predicted molar refractivity (Wildman–Crippen MR) is 61.6 cm³/mol. The molecule has 1 unspecified atom stereocenters. The van der Waals surface area contributed by atoms with Crippen molar-refractivity contribution in [2.45, 2.75) is 45.1 Å². The average Bonchev–Trinajstić information content (AvgIpc) is 2.18. The third-order valence-electron chi connectivity index (χ3n) is 2.06. The van der Waals surface area contributed by atoms with E-state index < -0.39 is 0 Å². The number of aliphatic hydroxyl groups excluding tert-OH is 1. The molecule has 0 rings (SSSR count). The third-order valence-corrected chi connectivity index (χ3v) is 2.62. The second-order valence-corrected chi connectivity index (χ2v) is 4.14. The van der Waals surface area contributed by atoms with Gasteiger partial charge in [-0.05, 0) is 25.7 Å². The van der Waals surface area contributed by atoms with E-state index in [1.165, 1.54) is 0 Å². The molecule has 0 aromatic heterocycles. The molecule has 0 radical (unpaired) electrons. The summed E-state index contributed by atoms with van der Waals surface area (Å²) >= 11 is 3.32. The number of rotatable bonds is 8. The molecule has 0 saturated carbocycles. The van der Waals surface area contributed by atoms with Gasteiger partial charge in [0, 0.05) is 18.3 Å². The third kappa shape index (κ3) is 8.51. The van der Waals surface area contributed by atoms with Gasteiger partial charge < -0.3 is 10.4 Å². The predicted octanol–water partition coefficient (Wildman–Crippen LogP) is 1.83. The molecule has 0 saturated heterocycles. The van der Waals surface area contributed by atoms with E-state index in [4.69, 9.17) is 0 Å². The lowest BCUT2D eigenvalue weighted by Gasteiger charge is -2.08. The first-order valence-electron chi connectivity index (χ1n) is 5.21. The minimum atomic E-state index is -0.280. The second kappa shape index (κ2) is 9.46. The normalized spacial score (nSPS) is 12.5. The van der Waals surface area contributed by atoms with Gasteiger partial charge in [0.25, 0.3) is 0 Å². The number of halogens is 1. The number of carbonyl (C=O) groups is 1. The molecule has 0 aliphatic carbocycles. The molecule has 0 heterocycles. The van der Waals surface area contributed by atoms with Crippen molar-refractivity contribution in [1.29, 1.82) is 0 Å². The highest BCUT2D eigenvalue weighted by atomic mass is 79.9. The number of unbranched alkanes of at least 4 members (excludes halogenated alkanes) is 1. The summed E-state index contributed by atoms with van der Waals surface area (Å²) in [5.74, 6) is 0.0919. The number of alkyl halides is 1. The molecule has 3 nitrogen and oxygen atoms in total. The molecule has 0 aliphatic rings. The van der Waals surface area contributed by atoms with Crippen LogP contribution >= 0.6 is 15.9 Å². The van der Waals surface area contributed by atoms with Crippen molar-refractivity contribution in [2.24, 2.45) is 0 Å². The maximum absolute atomic E-state index is 11.2. The van der Waals surface area contributed by atoms with Gasteiger partial charge in [0.15, 0.2) is 0 Å². The fraction of sp³-hybridized carbons (Fsp3) is 0.900. The molecule has 2 N–H and O–H groups in total. The van der Waals surface area contributed by atoms with Crippen LogP contribution in [0.3, 0.4) is 0 Å². The lowest BCUT2D eigenvalue weighted by Crippen LogP contribution is -2.26. The van der Waals surface area contributed by atoms with Gasteiger partial charge in [-0.25, -0.2) is 0 Å². The van der Waals surface area contributed by atoms with E-state index in [-0.39, 0.29) is 12.0 Å². The number of aliphatic hydroxyl groups is 1. The van der Waals surface area contributed by atoms with Gasteiger partial charge >= 0.3 is 0 Å². The molecule has 0 aromatic rings. The van der Waals surface area contributed by atoms with E-state index in [0.717, 1.165) is 24.6 Å². The Morgan fingerprint density at radius 2 is 2.21 bits per heavy atom. The van der Waals surface area contributed by atoms with Gasteiger partial charge in [-0.2, -0.15) is 0 Å². The van der Waals surface area contributed by atoms with Crippen molar-refractivity contribution in [3.63, 3.8) is 0 Å². The molecule has 0 aliphatic heterocycles. The zero-order valence-corrected chi connectivity index (χ0v) is 10.3. The van der Waals surface area contributed by atoms with Crippen molar-refractivity contribution in [1.82, 2.24) is 5.32 Å². The molecule has 1 atom stereocenters. The highest BCUT2D eigenvalue weighted by Crippen LogP contribution is 1.99. The molecule has 14 heavy (non-hydrogen) atoms. The summed E-state index contributed by atoms with van der Waals surface area (Å²) in [5, 5.41) is 13.0. The van der Waals surface area contributed by atoms with Crippen molar-refractivity contribution >= 4 is 21.8 Å². The Labute approximate surface area is 94.4 Å². The summed E-state index contributed by atoms with van der Waals surface area (Å²) in [6.45, 7) is 2.52. The zero-order chi connectivity index (χ0) is 10.8. The Bertz CT molecular complexity index is 153. The quantitative estimate of drug-likeness (QED) is 0.520. The molecule has 0 fully saturated rings. The SMILES string of the molecule is CCC(O)CCNC(=O)CCCCBr. The molecule has 0 bridgehead atoms. The number of nitrogens with one attached hydrogen (secondary N) is 1. The van der Waals surface area contributed by atoms with Crippen LogP contribution in [0.1, 0.15) is 39.0 Å². The minimum Gasteiger partial charge on any atom is -0.393 e. The summed E-state index contributed by atoms with van der Waals surface area (Å²) in [6, 6.07) is 0. The van der Waals surface area contributed by atoms with Crippen LogP contribution in [0.4, 0.5) is 0 Å². The molecule has 4 heteroatoms. The number of carbonyl (C=O) groups excluding carboxylic acids is 1. The number of amides is 1. The van der Waals surface area contributed by atoms with E-state index >= 15 is 0 Å². The van der Waals surface area contributed by atoms with E-state index in [0.29, 0.717) is 19.4 Å². The van der Waals surface area contributed by atoms with Gasteiger partial charge in [-0.15, -0.1) is 0 Å². The van der Waals surface area contributed by atoms with Gasteiger partial charge in [0.2, 0.25) is 5.91 Å². The number of hydrogen-bond donors (Lipinski definition) is 2. The van der Waals surface area contributed by atoms with Crippen LogP contribution in [-0.4, -0.2) is 29.0 Å². The Morgan fingerprint density at radius 3 is 2.79 bits per heavy atom. The summed E-state index contributed by atoms with van der Waals surface area (Å²) in [6.07, 6.45) is 3.67. The summed E-state index contributed by atoms with van der Waals surface area (Å²) in [5.41, 5.74) is 0. The summed E-state index contributed by atoms with van der Waals surface area (Å²) < 4.78 is 0. The van der Waals surface area contributed by atoms with E-state index in [2.05, 4.69) is 21.2 Å². The van der Waals surface area contributed by atoms with Gasteiger partial charge in [0.05, 0.1) is 6.10 Å². The zero-order valence-electron chi connectivity index (χ0n) is 8.76. The Kier molecular flexibility index (Phi) is 9.40. The smallest absolute Gasteiger partial charge is 0.219 e. The van der Waals surface area contributed by atoms with E-state index in [1.54, 1.807) is 0 Å². The maximum atomic E-state index is 11.2. The van der Waals surface area contributed by atoms with E-state index in [1.807, 2.05) is 6.92 Å². The summed E-state index contributed by atoms with van der Waals surface area (Å²) in [7, 11) is 0. The first-order chi connectivity index (χ1) is 6.70. The van der Waals surface area contributed by atoms with Crippen LogP contribution in [0.25, 0.3) is 0 Å². The van der Waals surface area contributed by atoms with Crippen LogP contribution in [0, 0.1) is 0 Å². The average molecular weight is 266 g/mol. The highest BCUT2D eigenvalue weighted by molar-refractivity contribution is 9.09. The van der Waals surface area contributed by atoms with Crippen molar-refractivity contribution in [3.05, 3.63) is 0 Å². The molecule has 0 aromatic carbocycles. The van der Waals surface area contributed by atoms with E-state index in [9.17, 15) is 9.90 Å². The summed E-state index contributed by atoms with van der Waals surface area (Å²) in [4.78, 5) is 11.2. The molecule has 0 spiro atoms. The minimum absolute atomic E-state index is 0.0919. The Morgan fingerprint density at radius 1 is 1.50 bits per heavy atom. The fourth-order valence-electron chi connectivity index (χ4n) is 1.05. The molecule has 1 amide bonds. The maximum Gasteiger partial charge on any atom is 0.219 e.